The van der Waals surface area contributed by atoms with Gasteiger partial charge in [0.1, 0.15) is 12.1 Å². The summed E-state index contributed by atoms with van der Waals surface area (Å²) in [5.74, 6) is -5.56. The van der Waals surface area contributed by atoms with Gasteiger partial charge in [-0.25, -0.2) is 4.79 Å². The molecule has 2 aromatic rings. The molecule has 1 unspecified atom stereocenters. The lowest BCUT2D eigenvalue weighted by Gasteiger charge is -2.30. The second-order valence-electron chi connectivity index (χ2n) is 14.4. The highest BCUT2D eigenvalue weighted by Crippen LogP contribution is 2.35. The highest BCUT2D eigenvalue weighted by Gasteiger charge is 2.35. The molecule has 0 saturated heterocycles. The molecule has 1 heterocycles. The number of anilines is 1. The fourth-order valence-corrected chi connectivity index (χ4v) is 6.53. The molecule has 0 aliphatic carbocycles. The Kier molecular flexibility index (Phi) is 21.4. The Morgan fingerprint density at radius 3 is 2.10 bits per heavy atom. The quantitative estimate of drug-likeness (QED) is 0.0502. The van der Waals surface area contributed by atoms with Crippen molar-refractivity contribution in [3.05, 3.63) is 41.5 Å². The Morgan fingerprint density at radius 2 is 1.47 bits per heavy atom. The number of carbonyl (C=O) groups excluding carboxylic acids is 5. The molecule has 5 amide bonds. The normalized spacial score (nSPS) is 14.1. The van der Waals surface area contributed by atoms with Crippen molar-refractivity contribution in [1.29, 1.82) is 0 Å². The van der Waals surface area contributed by atoms with Crippen molar-refractivity contribution in [2.24, 2.45) is 11.5 Å². The van der Waals surface area contributed by atoms with Gasteiger partial charge in [0.05, 0.1) is 6.04 Å². The van der Waals surface area contributed by atoms with Gasteiger partial charge in [0.2, 0.25) is 17.7 Å². The molecule has 0 radical (unpaired) electrons. The second kappa shape index (κ2) is 25.3. The zero-order valence-corrected chi connectivity index (χ0v) is 34.6. The first-order chi connectivity index (χ1) is 27.7. The molecule has 10 N–H and O–H groups in total. The molecule has 1 aliphatic heterocycles. The van der Waals surface area contributed by atoms with Gasteiger partial charge in [-0.3, -0.25) is 33.7 Å². The van der Waals surface area contributed by atoms with Gasteiger partial charge in [-0.1, -0.05) is 58.6 Å². The molecule has 17 nitrogen and oxygen atoms in total. The first kappa shape index (κ1) is 49.0. The molecule has 58 heavy (non-hydrogen) atoms. The summed E-state index contributed by atoms with van der Waals surface area (Å²) in [5, 5.41) is 30.5. The number of rotatable bonds is 26. The number of nitrogens with two attached hydrogens (primary N) is 2. The van der Waals surface area contributed by atoms with Crippen LogP contribution in [0.2, 0.25) is 0 Å². The number of hydrogen-bond donors (Lipinski definition) is 8. The van der Waals surface area contributed by atoms with Gasteiger partial charge in [0.15, 0.2) is 0 Å². The molecule has 17 heteroatoms. The fraction of sp³-hybridized carbons (Fsp3) is 0.585. The van der Waals surface area contributed by atoms with E-state index in [4.69, 9.17) is 16.6 Å². The van der Waals surface area contributed by atoms with Crippen LogP contribution in [-0.4, -0.2) is 121 Å². The molecule has 0 bridgehead atoms. The molecule has 322 valence electrons. The summed E-state index contributed by atoms with van der Waals surface area (Å²) < 4.78 is 0. The Morgan fingerprint density at radius 1 is 0.776 bits per heavy atom. The van der Waals surface area contributed by atoms with Gasteiger partial charge in [-0.15, -0.1) is 0 Å². The van der Waals surface area contributed by atoms with Gasteiger partial charge in [-0.2, -0.15) is 0 Å². The number of nitrogens with zero attached hydrogens (tertiary/aromatic N) is 2. The summed E-state index contributed by atoms with van der Waals surface area (Å²) in [6, 6.07) is 4.95. The number of carboxylic acids is 2. The third kappa shape index (κ3) is 15.0. The second-order valence-corrected chi connectivity index (χ2v) is 14.4. The minimum absolute atomic E-state index is 0.0242. The zero-order valence-electron chi connectivity index (χ0n) is 34.6. The van der Waals surface area contributed by atoms with E-state index in [-0.39, 0.29) is 57.7 Å². The van der Waals surface area contributed by atoms with Crippen LogP contribution in [-0.2, 0) is 24.0 Å². The van der Waals surface area contributed by atoms with Crippen molar-refractivity contribution in [3.63, 3.8) is 0 Å². The summed E-state index contributed by atoms with van der Waals surface area (Å²) >= 11 is 0. The number of benzene rings is 2. The van der Waals surface area contributed by atoms with E-state index in [2.05, 4.69) is 28.2 Å². The number of aliphatic carboxylic acids is 2. The Bertz CT molecular complexity index is 1700. The van der Waals surface area contributed by atoms with Crippen molar-refractivity contribution < 1.29 is 43.8 Å². The number of imide groups is 1. The van der Waals surface area contributed by atoms with Crippen molar-refractivity contribution in [3.8, 4) is 0 Å². The number of nitrogens with one attached hydrogen (secondary N) is 4. The van der Waals surface area contributed by atoms with Crippen LogP contribution < -0.4 is 37.6 Å². The van der Waals surface area contributed by atoms with E-state index in [0.717, 1.165) is 48.1 Å². The standard InChI is InChI=1S/C39H58N8O9.C2H6/c1-4-5-6-7-10-24(40)23-42-20-17-28(41)35(51)45-29(36(52)43-21-18-30(39(55)56)44-32(48)13-9-14-33(49)50)19-22-47-37(53)26-12-8-11-25-31(46(2)3)16-15-27(34(25)26)38(47)54;1-2/h8,11-12,15-16,24,28-30,42H,4-7,9-10,13-14,17-23,40-41H2,1-3H3,(H,43,52)(H,44,48)(H,45,51)(H,49,50)(H,55,56);1-2H3/t24-,28-,29+,30?;/m0./s1. The molecule has 0 spiro atoms. The van der Waals surface area contributed by atoms with Crippen molar-refractivity contribution >= 4 is 57.9 Å². The average molecular weight is 813 g/mol. The van der Waals surface area contributed by atoms with Crippen LogP contribution in [0, 0.1) is 0 Å². The number of unbranched alkanes of at least 4 members (excludes halogenated alkanes) is 3. The minimum atomic E-state index is -1.38. The number of amides is 5. The van der Waals surface area contributed by atoms with E-state index in [0.29, 0.717) is 29.6 Å². The van der Waals surface area contributed by atoms with E-state index in [1.165, 1.54) is 0 Å². The van der Waals surface area contributed by atoms with Gasteiger partial charge in [0.25, 0.3) is 11.8 Å². The largest absolute Gasteiger partial charge is 0.481 e. The van der Waals surface area contributed by atoms with Crippen LogP contribution >= 0.6 is 0 Å². The fourth-order valence-electron chi connectivity index (χ4n) is 6.53. The van der Waals surface area contributed by atoms with E-state index in [1.807, 2.05) is 38.9 Å². The third-order valence-corrected chi connectivity index (χ3v) is 9.69. The monoisotopic (exact) mass is 812 g/mol. The molecule has 1 aliphatic rings. The van der Waals surface area contributed by atoms with Gasteiger partial charge in [-0.05, 0) is 56.8 Å². The first-order valence-electron chi connectivity index (χ1n) is 20.3. The summed E-state index contributed by atoms with van der Waals surface area (Å²) in [5.41, 5.74) is 13.9. The van der Waals surface area contributed by atoms with Crippen LogP contribution in [0.4, 0.5) is 5.69 Å². The topological polar surface area (TPSA) is 267 Å². The van der Waals surface area contributed by atoms with Crippen molar-refractivity contribution in [2.45, 2.75) is 116 Å². The highest BCUT2D eigenvalue weighted by atomic mass is 16.4. The maximum absolute atomic E-state index is 13.7. The SMILES string of the molecule is CC.CCCCCC[C@H](N)CNCC[C@H](N)C(=O)N[C@H](CCN1C(=O)c2cccc3c(N(C)C)ccc(c23)C1=O)C(=O)NCCC(NC(=O)CCCC(=O)O)C(=O)O. The lowest BCUT2D eigenvalue weighted by Crippen LogP contribution is -2.54. The Labute approximate surface area is 341 Å². The van der Waals surface area contributed by atoms with Crippen LogP contribution in [0.25, 0.3) is 10.8 Å². The summed E-state index contributed by atoms with van der Waals surface area (Å²) in [6.07, 6.45) is 4.74. The summed E-state index contributed by atoms with van der Waals surface area (Å²) in [4.78, 5) is 92.0. The maximum atomic E-state index is 13.7. The minimum Gasteiger partial charge on any atom is -0.481 e. The molecule has 2 aromatic carbocycles. The van der Waals surface area contributed by atoms with Gasteiger partial charge in [0, 0.05) is 80.2 Å². The third-order valence-electron chi connectivity index (χ3n) is 9.69. The van der Waals surface area contributed by atoms with E-state index >= 15 is 0 Å². The lowest BCUT2D eigenvalue weighted by molar-refractivity contribution is -0.142. The number of carbonyl (C=O) groups is 7. The van der Waals surface area contributed by atoms with E-state index in [9.17, 15) is 38.7 Å². The predicted octanol–water partition coefficient (Wildman–Crippen LogP) is 2.34. The van der Waals surface area contributed by atoms with Crippen molar-refractivity contribution in [1.82, 2.24) is 26.2 Å². The summed E-state index contributed by atoms with van der Waals surface area (Å²) in [7, 11) is 3.72. The molecule has 3 rings (SSSR count). The van der Waals surface area contributed by atoms with Gasteiger partial charge < -0.3 is 47.8 Å². The smallest absolute Gasteiger partial charge is 0.326 e. The Balaban J connectivity index is 0.00000571. The van der Waals surface area contributed by atoms with Crippen LogP contribution in [0.1, 0.15) is 112 Å². The molecular formula is C41H64N8O9. The Hall–Kier alpha value is -5.13. The molecule has 4 atom stereocenters. The summed E-state index contributed by atoms with van der Waals surface area (Å²) in [6.45, 7) is 6.63. The lowest BCUT2D eigenvalue weighted by atomic mass is 9.92. The molecule has 0 aromatic heterocycles. The highest BCUT2D eigenvalue weighted by molar-refractivity contribution is 6.26. The van der Waals surface area contributed by atoms with E-state index < -0.39 is 59.6 Å². The van der Waals surface area contributed by atoms with Crippen LogP contribution in [0.15, 0.2) is 30.3 Å². The average Bonchev–Trinajstić information content (AvgIpc) is 3.19. The first-order valence-corrected chi connectivity index (χ1v) is 20.3. The molecule has 0 saturated carbocycles. The van der Waals surface area contributed by atoms with Gasteiger partial charge >= 0.3 is 11.9 Å². The molecule has 0 fully saturated rings. The van der Waals surface area contributed by atoms with E-state index in [1.54, 1.807) is 24.3 Å². The molecular weight excluding hydrogens is 748 g/mol. The zero-order chi connectivity index (χ0) is 43.4. The predicted molar refractivity (Wildman–Crippen MR) is 222 cm³/mol. The van der Waals surface area contributed by atoms with Crippen molar-refractivity contribution in [2.75, 3.05) is 45.2 Å². The van der Waals surface area contributed by atoms with Crippen LogP contribution in [0.5, 0.6) is 0 Å². The number of carboxylic acid groups (broad SMARTS) is 2. The van der Waals surface area contributed by atoms with Crippen LogP contribution in [0.3, 0.4) is 0 Å². The number of hydrogen-bond acceptors (Lipinski definition) is 11. The maximum Gasteiger partial charge on any atom is 0.326 e.